The third-order valence-electron chi connectivity index (χ3n) is 9.06. The van der Waals surface area contributed by atoms with E-state index in [4.69, 9.17) is 0 Å². The van der Waals surface area contributed by atoms with Gasteiger partial charge in [0.25, 0.3) is 0 Å². The molecule has 0 saturated carbocycles. The topological polar surface area (TPSA) is 153 Å². The van der Waals surface area contributed by atoms with E-state index in [0.717, 1.165) is 16.7 Å². The molecule has 0 aliphatic carbocycles. The fraction of sp³-hybridized carbons (Fsp3) is 0.405. The Morgan fingerprint density at radius 2 is 1.20 bits per heavy atom. The van der Waals surface area contributed by atoms with Crippen LogP contribution >= 0.6 is 0 Å². The van der Waals surface area contributed by atoms with E-state index in [1.165, 1.54) is 0 Å². The van der Waals surface area contributed by atoms with Gasteiger partial charge < -0.3 is 15.7 Å². The van der Waals surface area contributed by atoms with Gasteiger partial charge in [-0.3, -0.25) is 29.0 Å². The summed E-state index contributed by atoms with van der Waals surface area (Å²) < 4.78 is 26.8. The summed E-state index contributed by atoms with van der Waals surface area (Å²) in [7, 11) is -3.74. The highest BCUT2D eigenvalue weighted by atomic mass is 32.2. The number of nitrogens with zero attached hydrogens (tertiary/aromatic N) is 2. The van der Waals surface area contributed by atoms with Gasteiger partial charge in [-0.05, 0) is 40.7 Å². The summed E-state index contributed by atoms with van der Waals surface area (Å²) in [6, 6.07) is 23.4. The van der Waals surface area contributed by atoms with E-state index in [1.807, 2.05) is 36.4 Å². The van der Waals surface area contributed by atoms with Gasteiger partial charge in [0, 0.05) is 51.6 Å². The zero-order chi connectivity index (χ0) is 34.8. The quantitative estimate of drug-likeness (QED) is 0.367. The first-order valence-electron chi connectivity index (χ1n) is 16.6. The van der Waals surface area contributed by atoms with Crippen molar-refractivity contribution in [1.29, 1.82) is 0 Å². The Morgan fingerprint density at radius 1 is 0.694 bits per heavy atom. The first-order chi connectivity index (χ1) is 23.5. The maximum atomic E-state index is 13.9. The van der Waals surface area contributed by atoms with Crippen molar-refractivity contribution in [3.63, 3.8) is 0 Å². The van der Waals surface area contributed by atoms with Crippen LogP contribution in [-0.4, -0.2) is 91.9 Å². The van der Waals surface area contributed by atoms with Gasteiger partial charge in [0.1, 0.15) is 5.78 Å². The SMILES string of the molecule is O=C1CN2CCN(CC2)CC(=O)NCc2cccc(c2)C[C@@H](CS(=O)(=O)Cc2ccccc2)C(=O)C[C@H](C(=O)O)Cc2cccc(c2)CN1. The molecule has 6 bridgehead atoms. The summed E-state index contributed by atoms with van der Waals surface area (Å²) in [5.74, 6) is -4.52. The van der Waals surface area contributed by atoms with Crippen molar-refractivity contribution in [2.75, 3.05) is 45.0 Å². The molecule has 0 radical (unpaired) electrons. The van der Waals surface area contributed by atoms with Gasteiger partial charge >= 0.3 is 5.97 Å². The smallest absolute Gasteiger partial charge is 0.307 e. The van der Waals surface area contributed by atoms with Crippen LogP contribution in [0.3, 0.4) is 0 Å². The zero-order valence-corrected chi connectivity index (χ0v) is 28.4. The molecular weight excluding hydrogens is 644 g/mol. The molecule has 12 heteroatoms. The number of piperazine rings is 1. The van der Waals surface area contributed by atoms with Crippen LogP contribution in [0.1, 0.15) is 34.2 Å². The van der Waals surface area contributed by atoms with Crippen LogP contribution in [0.15, 0.2) is 78.9 Å². The second-order valence-corrected chi connectivity index (χ2v) is 15.2. The molecule has 3 aromatic carbocycles. The van der Waals surface area contributed by atoms with Crippen molar-refractivity contribution in [1.82, 2.24) is 20.4 Å². The Kier molecular flexibility index (Phi) is 12.3. The van der Waals surface area contributed by atoms with Crippen LogP contribution in [0.4, 0.5) is 0 Å². The third kappa shape index (κ3) is 11.3. The van der Waals surface area contributed by atoms with E-state index < -0.39 is 39.2 Å². The van der Waals surface area contributed by atoms with Gasteiger partial charge in [-0.25, -0.2) is 8.42 Å². The first-order valence-corrected chi connectivity index (χ1v) is 18.5. The highest BCUT2D eigenvalue weighted by molar-refractivity contribution is 7.90. The molecule has 1 fully saturated rings. The number of benzene rings is 3. The summed E-state index contributed by atoms with van der Waals surface area (Å²) >= 11 is 0. The Labute approximate surface area is 287 Å². The second kappa shape index (κ2) is 16.8. The number of carboxylic acid groups (broad SMARTS) is 1. The highest BCUT2D eigenvalue weighted by Gasteiger charge is 2.31. The number of carbonyl (C=O) groups excluding carboxylic acids is 3. The van der Waals surface area contributed by atoms with Crippen LogP contribution in [0, 0.1) is 11.8 Å². The number of hydrogen-bond donors (Lipinski definition) is 3. The van der Waals surface area contributed by atoms with E-state index in [9.17, 15) is 32.7 Å². The molecule has 3 aromatic rings. The molecule has 260 valence electrons. The van der Waals surface area contributed by atoms with Crippen LogP contribution < -0.4 is 10.6 Å². The monoisotopic (exact) mass is 688 g/mol. The minimum absolute atomic E-state index is 0.0752. The molecule has 2 amide bonds. The molecule has 3 heterocycles. The number of aliphatic carboxylic acids is 1. The number of sulfone groups is 1. The third-order valence-corrected chi connectivity index (χ3v) is 10.7. The predicted octanol–water partition coefficient (Wildman–Crippen LogP) is 2.23. The average molecular weight is 689 g/mol. The van der Waals surface area contributed by atoms with Crippen molar-refractivity contribution in [2.45, 2.75) is 38.1 Å². The fourth-order valence-corrected chi connectivity index (χ4v) is 8.18. The number of amides is 2. The van der Waals surface area contributed by atoms with Crippen LogP contribution in [0.5, 0.6) is 0 Å². The van der Waals surface area contributed by atoms with E-state index >= 15 is 0 Å². The van der Waals surface area contributed by atoms with E-state index in [1.54, 1.807) is 42.5 Å². The normalized spacial score (nSPS) is 23.1. The molecule has 3 aliphatic rings. The lowest BCUT2D eigenvalue weighted by Gasteiger charge is -2.33. The molecule has 1 saturated heterocycles. The molecule has 0 unspecified atom stereocenters. The van der Waals surface area contributed by atoms with Gasteiger partial charge in [-0.1, -0.05) is 78.9 Å². The number of fused-ring (bicyclic) bond motifs is 13. The molecule has 3 aliphatic heterocycles. The summed E-state index contributed by atoms with van der Waals surface area (Å²) in [5.41, 5.74) is 3.65. The van der Waals surface area contributed by atoms with Crippen molar-refractivity contribution >= 4 is 33.4 Å². The molecule has 11 nitrogen and oxygen atoms in total. The number of rotatable bonds is 5. The van der Waals surface area contributed by atoms with Crippen LogP contribution in [0.2, 0.25) is 0 Å². The Hall–Kier alpha value is -4.39. The van der Waals surface area contributed by atoms with Gasteiger partial charge in [-0.2, -0.15) is 0 Å². The second-order valence-electron chi connectivity index (χ2n) is 13.1. The Morgan fingerprint density at radius 3 is 1.73 bits per heavy atom. The summed E-state index contributed by atoms with van der Waals surface area (Å²) in [6.07, 6.45) is -0.143. The number of Topliss-reactive ketones (excluding diaryl/α,β-unsaturated/α-hetero) is 1. The Bertz CT molecular complexity index is 1740. The highest BCUT2D eigenvalue weighted by Crippen LogP contribution is 2.23. The lowest BCUT2D eigenvalue weighted by atomic mass is 9.87. The lowest BCUT2D eigenvalue weighted by molar-refractivity contribution is -0.144. The largest absolute Gasteiger partial charge is 0.481 e. The van der Waals surface area contributed by atoms with Gasteiger partial charge in [-0.15, -0.1) is 0 Å². The molecular formula is C37H44N4O7S. The number of carbonyl (C=O) groups is 4. The van der Waals surface area contributed by atoms with Crippen molar-refractivity contribution in [3.05, 3.63) is 107 Å². The van der Waals surface area contributed by atoms with E-state index in [0.29, 0.717) is 37.3 Å². The van der Waals surface area contributed by atoms with Crippen LogP contribution in [0.25, 0.3) is 0 Å². The number of carboxylic acids is 1. The van der Waals surface area contributed by atoms with E-state index in [-0.39, 0.29) is 63.0 Å². The molecule has 0 aromatic heterocycles. The predicted molar refractivity (Wildman–Crippen MR) is 185 cm³/mol. The minimum Gasteiger partial charge on any atom is -0.481 e. The number of nitrogens with one attached hydrogen (secondary N) is 2. The van der Waals surface area contributed by atoms with Gasteiger partial charge in [0.05, 0.1) is 30.5 Å². The maximum Gasteiger partial charge on any atom is 0.307 e. The number of ketones is 1. The summed E-state index contributed by atoms with van der Waals surface area (Å²) in [4.78, 5) is 56.0. The van der Waals surface area contributed by atoms with Crippen molar-refractivity contribution < 1.29 is 32.7 Å². The summed E-state index contributed by atoms with van der Waals surface area (Å²) in [6.45, 7) is 3.64. The Balaban J connectivity index is 1.40. The summed E-state index contributed by atoms with van der Waals surface area (Å²) in [5, 5.41) is 16.0. The zero-order valence-electron chi connectivity index (χ0n) is 27.6. The molecule has 3 N–H and O–H groups in total. The molecule has 6 rings (SSSR count). The maximum absolute atomic E-state index is 13.9. The minimum atomic E-state index is -3.74. The van der Waals surface area contributed by atoms with Crippen molar-refractivity contribution in [2.24, 2.45) is 11.8 Å². The van der Waals surface area contributed by atoms with Gasteiger partial charge in [0.2, 0.25) is 11.8 Å². The first kappa shape index (κ1) is 35.9. The molecule has 49 heavy (non-hydrogen) atoms. The van der Waals surface area contributed by atoms with Crippen LogP contribution in [-0.2, 0) is 60.7 Å². The molecule has 2 atom stereocenters. The fourth-order valence-electron chi connectivity index (χ4n) is 6.44. The molecule has 0 spiro atoms. The van der Waals surface area contributed by atoms with Gasteiger partial charge in [0.15, 0.2) is 9.84 Å². The average Bonchev–Trinajstić information content (AvgIpc) is 3.07. The van der Waals surface area contributed by atoms with Crippen molar-refractivity contribution in [3.8, 4) is 0 Å². The van der Waals surface area contributed by atoms with E-state index in [2.05, 4.69) is 20.4 Å². The standard InChI is InChI=1S/C37H44N4O7S/c42-34-20-32(37(45)46)18-28-8-4-10-30(16-28)21-38-35(43)23-40-12-14-41(15-13-40)24-36(44)39-22-31-11-5-9-29(17-31)19-33(34)26-49(47,48)25-27-6-2-1-3-7-27/h1-11,16-17,32-33H,12-15,18-26H2,(H,38,43)(H,39,44)(H,45,46)/t32-,33+/m1/s1. The number of hydrogen-bond acceptors (Lipinski definition) is 8. The lowest BCUT2D eigenvalue weighted by Crippen LogP contribution is -2.51.